The predicted octanol–water partition coefficient (Wildman–Crippen LogP) is 2.65. The maximum absolute atomic E-state index is 12.5. The Balaban J connectivity index is 1.67. The van der Waals surface area contributed by atoms with E-state index in [1.807, 2.05) is 13.8 Å². The average molecular weight is 318 g/mol. The molecule has 3 rings (SSSR count). The standard InChI is InChI=1S/C16H22N4OS/c1-4-5-14-18-11(3)15(22-14)16(21)19-12-6-7-13-17-10(2)8-20(13)9-12/h8,12H,4-7,9H2,1-3H3,(H,19,21)/t12-/m0/s1. The molecule has 118 valence electrons. The van der Waals surface area contributed by atoms with Crippen molar-refractivity contribution in [3.63, 3.8) is 0 Å². The molecule has 0 unspecified atom stereocenters. The first-order valence-corrected chi connectivity index (χ1v) is 8.68. The largest absolute Gasteiger partial charge is 0.347 e. The molecule has 0 spiro atoms. The van der Waals surface area contributed by atoms with Crippen LogP contribution in [0.1, 0.15) is 51.7 Å². The number of aromatic nitrogens is 3. The Kier molecular flexibility index (Phi) is 4.29. The molecule has 6 heteroatoms. The summed E-state index contributed by atoms with van der Waals surface area (Å²) in [5.41, 5.74) is 1.89. The molecule has 0 aliphatic carbocycles. The molecule has 5 nitrogen and oxygen atoms in total. The van der Waals surface area contributed by atoms with Crippen molar-refractivity contribution in [2.45, 2.75) is 59.0 Å². The van der Waals surface area contributed by atoms with Gasteiger partial charge in [0.05, 0.1) is 16.4 Å². The summed E-state index contributed by atoms with van der Waals surface area (Å²) >= 11 is 1.53. The van der Waals surface area contributed by atoms with E-state index in [0.29, 0.717) is 0 Å². The summed E-state index contributed by atoms with van der Waals surface area (Å²) in [5, 5.41) is 4.22. The molecule has 0 saturated carbocycles. The van der Waals surface area contributed by atoms with Gasteiger partial charge in [-0.05, 0) is 33.1 Å². The Morgan fingerprint density at radius 3 is 3.05 bits per heavy atom. The van der Waals surface area contributed by atoms with Crippen molar-refractivity contribution in [2.24, 2.45) is 0 Å². The maximum atomic E-state index is 12.5. The molecular formula is C16H22N4OS. The lowest BCUT2D eigenvalue weighted by molar-refractivity contribution is 0.0931. The lowest BCUT2D eigenvalue weighted by Gasteiger charge is -2.24. The fraction of sp³-hybridized carbons (Fsp3) is 0.562. The monoisotopic (exact) mass is 318 g/mol. The number of carbonyl (C=O) groups excluding carboxylic acids is 1. The van der Waals surface area contributed by atoms with Gasteiger partial charge in [0.2, 0.25) is 0 Å². The van der Waals surface area contributed by atoms with Crippen LogP contribution < -0.4 is 5.32 Å². The molecule has 0 aromatic carbocycles. The number of aryl methyl sites for hydroxylation is 4. The van der Waals surface area contributed by atoms with Gasteiger partial charge in [0.25, 0.3) is 5.91 Å². The summed E-state index contributed by atoms with van der Waals surface area (Å²) in [5.74, 6) is 1.14. The second-order valence-electron chi connectivity index (χ2n) is 5.93. The van der Waals surface area contributed by atoms with Crippen LogP contribution in [-0.4, -0.2) is 26.5 Å². The van der Waals surface area contributed by atoms with E-state index >= 15 is 0 Å². The minimum absolute atomic E-state index is 0.0163. The van der Waals surface area contributed by atoms with Gasteiger partial charge >= 0.3 is 0 Å². The zero-order valence-corrected chi connectivity index (χ0v) is 14.2. The van der Waals surface area contributed by atoms with Crippen LogP contribution in [0.4, 0.5) is 0 Å². The average Bonchev–Trinajstić information content (AvgIpc) is 3.00. The van der Waals surface area contributed by atoms with Crippen LogP contribution in [0.3, 0.4) is 0 Å². The summed E-state index contributed by atoms with van der Waals surface area (Å²) < 4.78 is 2.16. The first-order chi connectivity index (χ1) is 10.6. The normalized spacial score (nSPS) is 17.3. The van der Waals surface area contributed by atoms with Crippen LogP contribution in [-0.2, 0) is 19.4 Å². The number of rotatable bonds is 4. The van der Waals surface area contributed by atoms with E-state index < -0.39 is 0 Å². The van der Waals surface area contributed by atoms with E-state index in [9.17, 15) is 4.79 Å². The van der Waals surface area contributed by atoms with Crippen LogP contribution in [0.15, 0.2) is 6.20 Å². The number of nitrogens with one attached hydrogen (secondary N) is 1. The molecule has 2 aromatic heterocycles. The zero-order chi connectivity index (χ0) is 15.7. The van der Waals surface area contributed by atoms with Gasteiger partial charge in [-0.2, -0.15) is 0 Å². The lowest BCUT2D eigenvalue weighted by atomic mass is 10.1. The molecule has 0 fully saturated rings. The third-order valence-electron chi connectivity index (χ3n) is 3.96. The molecule has 22 heavy (non-hydrogen) atoms. The number of hydrogen-bond donors (Lipinski definition) is 1. The minimum Gasteiger partial charge on any atom is -0.347 e. The van der Waals surface area contributed by atoms with E-state index in [0.717, 1.165) is 59.3 Å². The summed E-state index contributed by atoms with van der Waals surface area (Å²) in [7, 11) is 0. The van der Waals surface area contributed by atoms with E-state index in [2.05, 4.69) is 33.0 Å². The van der Waals surface area contributed by atoms with Gasteiger partial charge in [-0.25, -0.2) is 9.97 Å². The molecule has 0 radical (unpaired) electrons. The number of nitrogens with zero attached hydrogens (tertiary/aromatic N) is 3. The molecule has 1 aliphatic heterocycles. The minimum atomic E-state index is 0.0163. The third kappa shape index (κ3) is 3.06. The zero-order valence-electron chi connectivity index (χ0n) is 13.3. The molecule has 1 atom stereocenters. The highest BCUT2D eigenvalue weighted by molar-refractivity contribution is 7.13. The van der Waals surface area contributed by atoms with Crippen LogP contribution >= 0.6 is 11.3 Å². The fourth-order valence-electron chi connectivity index (χ4n) is 2.94. The third-order valence-corrected chi connectivity index (χ3v) is 5.18. The van der Waals surface area contributed by atoms with E-state index in [1.54, 1.807) is 0 Å². The smallest absolute Gasteiger partial charge is 0.263 e. The maximum Gasteiger partial charge on any atom is 0.263 e. The Labute approximate surface area is 134 Å². The second kappa shape index (κ2) is 6.20. The quantitative estimate of drug-likeness (QED) is 0.943. The molecule has 3 heterocycles. The van der Waals surface area contributed by atoms with Crippen LogP contribution in [0, 0.1) is 13.8 Å². The number of imidazole rings is 1. The number of hydrogen-bond acceptors (Lipinski definition) is 4. The topological polar surface area (TPSA) is 59.8 Å². The SMILES string of the molecule is CCCc1nc(C)c(C(=O)N[C@H]2CCc3nc(C)cn3C2)s1. The predicted molar refractivity (Wildman–Crippen MR) is 87.4 cm³/mol. The Morgan fingerprint density at radius 2 is 2.27 bits per heavy atom. The fourth-order valence-corrected chi connectivity index (χ4v) is 4.01. The van der Waals surface area contributed by atoms with Crippen LogP contribution in [0.2, 0.25) is 0 Å². The molecule has 1 aliphatic rings. The molecule has 2 aromatic rings. The van der Waals surface area contributed by atoms with Crippen LogP contribution in [0.25, 0.3) is 0 Å². The van der Waals surface area contributed by atoms with Gasteiger partial charge in [0.1, 0.15) is 10.7 Å². The lowest BCUT2D eigenvalue weighted by Crippen LogP contribution is -2.40. The van der Waals surface area contributed by atoms with Crippen molar-refractivity contribution in [3.8, 4) is 0 Å². The summed E-state index contributed by atoms with van der Waals surface area (Å²) in [6, 6.07) is 0.171. The number of amides is 1. The Bertz CT molecular complexity index is 688. The number of thiazole rings is 1. The van der Waals surface area contributed by atoms with Gasteiger partial charge in [0, 0.05) is 25.2 Å². The van der Waals surface area contributed by atoms with E-state index in [-0.39, 0.29) is 11.9 Å². The van der Waals surface area contributed by atoms with Gasteiger partial charge in [-0.15, -0.1) is 11.3 Å². The summed E-state index contributed by atoms with van der Waals surface area (Å²) in [4.78, 5) is 22.3. The molecule has 1 amide bonds. The van der Waals surface area contributed by atoms with Crippen molar-refractivity contribution in [2.75, 3.05) is 0 Å². The van der Waals surface area contributed by atoms with E-state index in [1.165, 1.54) is 11.3 Å². The van der Waals surface area contributed by atoms with Crippen molar-refractivity contribution >= 4 is 17.2 Å². The second-order valence-corrected chi connectivity index (χ2v) is 7.02. The van der Waals surface area contributed by atoms with Crippen molar-refractivity contribution < 1.29 is 4.79 Å². The molecule has 1 N–H and O–H groups in total. The highest BCUT2D eigenvalue weighted by atomic mass is 32.1. The summed E-state index contributed by atoms with van der Waals surface area (Å²) in [6.45, 7) is 6.86. The number of fused-ring (bicyclic) bond motifs is 1. The van der Waals surface area contributed by atoms with Gasteiger partial charge in [0.15, 0.2) is 0 Å². The van der Waals surface area contributed by atoms with Gasteiger partial charge < -0.3 is 9.88 Å². The van der Waals surface area contributed by atoms with Crippen LogP contribution in [0.5, 0.6) is 0 Å². The summed E-state index contributed by atoms with van der Waals surface area (Å²) in [6.07, 6.45) is 5.92. The van der Waals surface area contributed by atoms with Gasteiger partial charge in [-0.3, -0.25) is 4.79 Å². The van der Waals surface area contributed by atoms with Crippen molar-refractivity contribution in [3.05, 3.63) is 33.3 Å². The Morgan fingerprint density at radius 1 is 1.45 bits per heavy atom. The van der Waals surface area contributed by atoms with Crippen molar-refractivity contribution in [1.29, 1.82) is 0 Å². The molecule has 0 saturated heterocycles. The van der Waals surface area contributed by atoms with Crippen molar-refractivity contribution in [1.82, 2.24) is 19.9 Å². The van der Waals surface area contributed by atoms with E-state index in [4.69, 9.17) is 0 Å². The number of carbonyl (C=O) groups is 1. The Hall–Kier alpha value is -1.69. The highest BCUT2D eigenvalue weighted by Crippen LogP contribution is 2.21. The molecular weight excluding hydrogens is 296 g/mol. The van der Waals surface area contributed by atoms with Gasteiger partial charge in [-0.1, -0.05) is 6.92 Å². The molecule has 0 bridgehead atoms. The highest BCUT2D eigenvalue weighted by Gasteiger charge is 2.23. The first kappa shape index (κ1) is 15.2. The first-order valence-electron chi connectivity index (χ1n) is 7.86.